The summed E-state index contributed by atoms with van der Waals surface area (Å²) in [6, 6.07) is 10.8. The maximum absolute atomic E-state index is 12.8. The van der Waals surface area contributed by atoms with Gasteiger partial charge in [-0.05, 0) is 62.3 Å². The van der Waals surface area contributed by atoms with E-state index in [9.17, 15) is 9.90 Å². The number of carbonyl (C=O) groups excluding carboxylic acids is 1. The summed E-state index contributed by atoms with van der Waals surface area (Å²) < 4.78 is 1.34. The van der Waals surface area contributed by atoms with Crippen molar-refractivity contribution < 1.29 is 9.90 Å². The highest BCUT2D eigenvalue weighted by atomic mass is 16.3. The van der Waals surface area contributed by atoms with E-state index in [1.165, 1.54) is 10.9 Å². The van der Waals surface area contributed by atoms with Crippen LogP contribution in [0.2, 0.25) is 0 Å². The Balaban J connectivity index is 1.56. The molecule has 0 bridgehead atoms. The van der Waals surface area contributed by atoms with Crippen molar-refractivity contribution in [3.05, 3.63) is 59.4 Å². The number of aromatic nitrogens is 3. The fraction of sp³-hybridized carbons (Fsp3) is 0.304. The molecule has 1 aliphatic heterocycles. The Bertz CT molecular complexity index is 1150. The summed E-state index contributed by atoms with van der Waals surface area (Å²) in [5.41, 5.74) is 3.29. The van der Waals surface area contributed by atoms with Gasteiger partial charge in [-0.15, -0.1) is 0 Å². The number of pyridine rings is 1. The fourth-order valence-electron chi connectivity index (χ4n) is 3.81. The van der Waals surface area contributed by atoms with Crippen molar-refractivity contribution >= 4 is 5.91 Å². The lowest BCUT2D eigenvalue weighted by atomic mass is 10.0. The van der Waals surface area contributed by atoms with Gasteiger partial charge in [-0.3, -0.25) is 4.79 Å². The van der Waals surface area contributed by atoms with Crippen LogP contribution in [-0.4, -0.2) is 68.8 Å². The molecule has 31 heavy (non-hydrogen) atoms. The van der Waals surface area contributed by atoms with E-state index in [-0.39, 0.29) is 11.8 Å². The number of aromatic hydroxyl groups is 1. The third-order valence-electron chi connectivity index (χ3n) is 5.61. The normalized spacial score (nSPS) is 14.8. The fourth-order valence-corrected chi connectivity index (χ4v) is 3.81. The molecule has 0 radical (unpaired) electrons. The van der Waals surface area contributed by atoms with E-state index in [0.717, 1.165) is 37.2 Å². The van der Waals surface area contributed by atoms with E-state index in [1.54, 1.807) is 36.5 Å². The predicted molar refractivity (Wildman–Crippen MR) is 116 cm³/mol. The van der Waals surface area contributed by atoms with E-state index in [2.05, 4.69) is 28.1 Å². The number of amides is 1. The summed E-state index contributed by atoms with van der Waals surface area (Å²) in [7, 11) is 2.06. The quantitative estimate of drug-likeness (QED) is 0.705. The monoisotopic (exact) mass is 416 g/mol. The first kappa shape index (κ1) is 20.6. The van der Waals surface area contributed by atoms with Gasteiger partial charge in [0, 0.05) is 25.8 Å². The van der Waals surface area contributed by atoms with Crippen molar-refractivity contribution in [2.45, 2.75) is 13.3 Å². The first-order valence-electron chi connectivity index (χ1n) is 10.2. The standard InChI is InChI=1S/C23H24N6O2/c1-16-12-17(13-24)4-6-19(16)20-15-26-29(23(20)31)21-7-5-18(14-25-21)22(30)28-9-3-8-27(2)10-11-28/h4-7,12,14-15,31H,3,8-11H2,1-2H3. The van der Waals surface area contributed by atoms with Gasteiger partial charge in [0.2, 0.25) is 5.88 Å². The number of hydrogen-bond acceptors (Lipinski definition) is 6. The summed E-state index contributed by atoms with van der Waals surface area (Å²) in [6.45, 7) is 5.16. The molecular weight excluding hydrogens is 392 g/mol. The number of nitrogens with zero attached hydrogens (tertiary/aromatic N) is 6. The third kappa shape index (κ3) is 4.13. The minimum atomic E-state index is -0.0464. The number of rotatable bonds is 3. The second-order valence-corrected chi connectivity index (χ2v) is 7.79. The van der Waals surface area contributed by atoms with Crippen LogP contribution >= 0.6 is 0 Å². The van der Waals surface area contributed by atoms with Gasteiger partial charge in [0.05, 0.1) is 29.0 Å². The van der Waals surface area contributed by atoms with E-state index in [4.69, 9.17) is 5.26 Å². The second kappa shape index (κ2) is 8.58. The Kier molecular flexibility index (Phi) is 5.69. The van der Waals surface area contributed by atoms with Crippen LogP contribution in [0.4, 0.5) is 0 Å². The van der Waals surface area contributed by atoms with Gasteiger partial charge in [0.15, 0.2) is 5.82 Å². The van der Waals surface area contributed by atoms with Crippen LogP contribution in [0.25, 0.3) is 16.9 Å². The lowest BCUT2D eigenvalue weighted by Gasteiger charge is -2.20. The topological polar surface area (TPSA) is 98.3 Å². The summed E-state index contributed by atoms with van der Waals surface area (Å²) >= 11 is 0. The van der Waals surface area contributed by atoms with Crippen molar-refractivity contribution in [1.29, 1.82) is 5.26 Å². The van der Waals surface area contributed by atoms with E-state index in [0.29, 0.717) is 29.1 Å². The third-order valence-corrected chi connectivity index (χ3v) is 5.61. The van der Waals surface area contributed by atoms with Gasteiger partial charge in [0.25, 0.3) is 5.91 Å². The Labute approximate surface area is 181 Å². The van der Waals surface area contributed by atoms with Crippen LogP contribution in [0.1, 0.15) is 27.9 Å². The van der Waals surface area contributed by atoms with Crippen molar-refractivity contribution in [3.63, 3.8) is 0 Å². The summed E-state index contributed by atoms with van der Waals surface area (Å²) in [6.07, 6.45) is 4.05. The maximum Gasteiger partial charge on any atom is 0.255 e. The molecule has 158 valence electrons. The molecule has 3 aromatic rings. The van der Waals surface area contributed by atoms with E-state index in [1.807, 2.05) is 11.8 Å². The molecule has 1 saturated heterocycles. The smallest absolute Gasteiger partial charge is 0.255 e. The molecular formula is C23H24N6O2. The lowest BCUT2D eigenvalue weighted by molar-refractivity contribution is 0.0762. The van der Waals surface area contributed by atoms with Crippen LogP contribution in [-0.2, 0) is 0 Å². The molecule has 0 aliphatic carbocycles. The molecule has 8 heteroatoms. The van der Waals surface area contributed by atoms with Crippen LogP contribution in [0, 0.1) is 18.3 Å². The largest absolute Gasteiger partial charge is 0.493 e. The zero-order valence-corrected chi connectivity index (χ0v) is 17.6. The van der Waals surface area contributed by atoms with E-state index >= 15 is 0 Å². The van der Waals surface area contributed by atoms with Gasteiger partial charge in [-0.2, -0.15) is 15.0 Å². The molecule has 0 spiro atoms. The van der Waals surface area contributed by atoms with Gasteiger partial charge in [-0.25, -0.2) is 4.98 Å². The highest BCUT2D eigenvalue weighted by Gasteiger charge is 2.20. The molecule has 1 fully saturated rings. The van der Waals surface area contributed by atoms with Crippen molar-refractivity contribution in [2.75, 3.05) is 33.2 Å². The minimum Gasteiger partial charge on any atom is -0.493 e. The summed E-state index contributed by atoms with van der Waals surface area (Å²) in [4.78, 5) is 21.3. The Morgan fingerprint density at radius 2 is 1.94 bits per heavy atom. The zero-order chi connectivity index (χ0) is 22.0. The Hall–Kier alpha value is -3.70. The molecule has 0 saturated carbocycles. The molecule has 1 N–H and O–H groups in total. The molecule has 3 heterocycles. The maximum atomic E-state index is 12.8. The number of benzene rings is 1. The Morgan fingerprint density at radius 1 is 1.10 bits per heavy atom. The van der Waals surface area contributed by atoms with Crippen LogP contribution in [0.15, 0.2) is 42.7 Å². The van der Waals surface area contributed by atoms with Gasteiger partial charge in [-0.1, -0.05) is 6.07 Å². The predicted octanol–water partition coefficient (Wildman–Crippen LogP) is 2.60. The van der Waals surface area contributed by atoms with Gasteiger partial charge >= 0.3 is 0 Å². The molecule has 1 aromatic carbocycles. The van der Waals surface area contributed by atoms with Crippen LogP contribution in [0.3, 0.4) is 0 Å². The number of hydrogen-bond donors (Lipinski definition) is 1. The molecule has 2 aromatic heterocycles. The lowest BCUT2D eigenvalue weighted by Crippen LogP contribution is -2.34. The van der Waals surface area contributed by atoms with E-state index < -0.39 is 0 Å². The molecule has 0 unspecified atom stereocenters. The highest BCUT2D eigenvalue weighted by Crippen LogP contribution is 2.33. The zero-order valence-electron chi connectivity index (χ0n) is 17.6. The average molecular weight is 416 g/mol. The number of nitriles is 1. The number of aryl methyl sites for hydroxylation is 1. The van der Waals surface area contributed by atoms with Gasteiger partial charge in [0.1, 0.15) is 0 Å². The average Bonchev–Trinajstić information content (AvgIpc) is 3.02. The minimum absolute atomic E-state index is 0.0343. The molecule has 1 aliphatic rings. The van der Waals surface area contributed by atoms with Gasteiger partial charge < -0.3 is 14.9 Å². The van der Waals surface area contributed by atoms with Crippen LogP contribution in [0.5, 0.6) is 5.88 Å². The first-order chi connectivity index (χ1) is 15.0. The summed E-state index contributed by atoms with van der Waals surface area (Å²) in [5.74, 6) is 0.338. The summed E-state index contributed by atoms with van der Waals surface area (Å²) in [5, 5.41) is 24.1. The molecule has 4 rings (SSSR count). The highest BCUT2D eigenvalue weighted by molar-refractivity contribution is 5.94. The number of likely N-dealkylation sites (N-methyl/N-ethyl adjacent to an activating group) is 1. The van der Waals surface area contributed by atoms with Crippen molar-refractivity contribution in [1.82, 2.24) is 24.6 Å². The first-order valence-corrected chi connectivity index (χ1v) is 10.2. The SMILES string of the molecule is Cc1cc(C#N)ccc1-c1cnn(-c2ccc(C(=O)N3CCCN(C)CC3)cn2)c1O. The molecule has 8 nitrogen and oxygen atoms in total. The second-order valence-electron chi connectivity index (χ2n) is 7.79. The molecule has 0 atom stereocenters. The van der Waals surface area contributed by atoms with Crippen molar-refractivity contribution in [3.8, 4) is 28.9 Å². The van der Waals surface area contributed by atoms with Crippen molar-refractivity contribution in [2.24, 2.45) is 0 Å². The molecule has 1 amide bonds. The van der Waals surface area contributed by atoms with Crippen LogP contribution < -0.4 is 0 Å². The number of carbonyl (C=O) groups is 1. The Morgan fingerprint density at radius 3 is 2.65 bits per heavy atom.